The zero-order chi connectivity index (χ0) is 45.0. The van der Waals surface area contributed by atoms with Gasteiger partial charge in [-0.25, -0.2) is 13.6 Å². The van der Waals surface area contributed by atoms with Crippen LogP contribution in [0.5, 0.6) is 11.5 Å². The summed E-state index contributed by atoms with van der Waals surface area (Å²) in [7, 11) is 3.14. The number of methoxy groups -OCH3 is 1. The predicted molar refractivity (Wildman–Crippen MR) is 238 cm³/mol. The van der Waals surface area contributed by atoms with E-state index in [1.165, 1.54) is 30.2 Å². The number of nitrogens with one attached hydrogen (secondary N) is 2. The van der Waals surface area contributed by atoms with E-state index in [2.05, 4.69) is 20.6 Å². The number of aromatic nitrogens is 2. The van der Waals surface area contributed by atoms with Crippen LogP contribution in [-0.2, 0) is 22.2 Å². The predicted octanol–water partition coefficient (Wildman–Crippen LogP) is 6.61. The summed E-state index contributed by atoms with van der Waals surface area (Å²) in [5.41, 5.74) is 7.29. The average molecular weight is 895 g/mol. The molecule has 0 spiro atoms. The number of primary amides is 1. The SMILES string of the molecule is COc1ccc(C(N)=O)c(-c2c(Cl)c(F)cc3c2C(C)C(CNC2CCN(C(=O)C4CCN(c5cccc6c(N7CCC(=O)NC7=O)nn(C)c56)CC4)CC2)(c2ccccc2)O3)c1F. The van der Waals surface area contributed by atoms with Gasteiger partial charge in [0.05, 0.1) is 28.9 Å². The number of para-hydroxylation sites is 1. The van der Waals surface area contributed by atoms with Gasteiger partial charge in [-0.3, -0.25) is 29.3 Å². The van der Waals surface area contributed by atoms with Crippen molar-refractivity contribution in [3.8, 4) is 22.6 Å². The number of rotatable bonds is 10. The number of urea groups is 1. The van der Waals surface area contributed by atoms with Crippen LogP contribution in [0.15, 0.2) is 66.7 Å². The molecule has 0 bridgehead atoms. The van der Waals surface area contributed by atoms with Crippen molar-refractivity contribution in [1.29, 1.82) is 0 Å². The molecule has 2 atom stereocenters. The van der Waals surface area contributed by atoms with Gasteiger partial charge < -0.3 is 30.3 Å². The van der Waals surface area contributed by atoms with Crippen molar-refractivity contribution in [3.05, 3.63) is 100 Å². The molecule has 64 heavy (non-hydrogen) atoms. The van der Waals surface area contributed by atoms with Gasteiger partial charge >= 0.3 is 6.03 Å². The maximum Gasteiger partial charge on any atom is 0.329 e. The number of imide groups is 1. The first-order chi connectivity index (χ1) is 30.8. The van der Waals surface area contributed by atoms with Crippen molar-refractivity contribution in [3.63, 3.8) is 0 Å². The average Bonchev–Trinajstić information content (AvgIpc) is 3.79. The lowest BCUT2D eigenvalue weighted by atomic mass is 9.77. The Balaban J connectivity index is 0.878. The van der Waals surface area contributed by atoms with Gasteiger partial charge in [0.15, 0.2) is 23.0 Å². The molecule has 9 rings (SSSR count). The van der Waals surface area contributed by atoms with Gasteiger partial charge in [0.2, 0.25) is 17.7 Å². The van der Waals surface area contributed by atoms with E-state index in [1.807, 2.05) is 67.4 Å². The van der Waals surface area contributed by atoms with Crippen LogP contribution in [-0.4, -0.2) is 90.9 Å². The highest BCUT2D eigenvalue weighted by Gasteiger charge is 2.50. The maximum absolute atomic E-state index is 16.2. The number of nitrogens with two attached hydrogens (primary N) is 1. The Kier molecular flexibility index (Phi) is 11.4. The minimum absolute atomic E-state index is 0.0176. The highest BCUT2D eigenvalue weighted by Crippen LogP contribution is 2.56. The number of benzene rings is 4. The third kappa shape index (κ3) is 7.35. The molecule has 5 heterocycles. The zero-order valence-electron chi connectivity index (χ0n) is 35.8. The number of carbonyl (C=O) groups is 4. The second kappa shape index (κ2) is 17.0. The summed E-state index contributed by atoms with van der Waals surface area (Å²) < 4.78 is 45.8. The number of likely N-dealkylation sites (tertiary alicyclic amines) is 1. The van der Waals surface area contributed by atoms with Crippen LogP contribution in [0.1, 0.15) is 66.4 Å². The lowest BCUT2D eigenvalue weighted by Crippen LogP contribution is -2.52. The van der Waals surface area contributed by atoms with Gasteiger partial charge in [-0.1, -0.05) is 54.9 Å². The minimum Gasteiger partial charge on any atom is -0.494 e. The molecule has 334 valence electrons. The Hall–Kier alpha value is -6.26. The van der Waals surface area contributed by atoms with Gasteiger partial charge in [-0.05, 0) is 55.5 Å². The molecule has 1 aromatic heterocycles. The monoisotopic (exact) mass is 894 g/mol. The maximum atomic E-state index is 16.2. The summed E-state index contributed by atoms with van der Waals surface area (Å²) in [5.74, 6) is -2.92. The molecule has 4 N–H and O–H groups in total. The number of hydrogen-bond acceptors (Lipinski definition) is 9. The van der Waals surface area contributed by atoms with Crippen molar-refractivity contribution in [1.82, 2.24) is 25.3 Å². The number of anilines is 2. The molecule has 2 unspecified atom stereocenters. The smallest absolute Gasteiger partial charge is 0.329 e. The largest absolute Gasteiger partial charge is 0.494 e. The fourth-order valence-corrected chi connectivity index (χ4v) is 10.4. The van der Waals surface area contributed by atoms with E-state index in [0.717, 1.165) is 22.2 Å². The summed E-state index contributed by atoms with van der Waals surface area (Å²) in [6.07, 6.45) is 2.99. The third-order valence-electron chi connectivity index (χ3n) is 13.5. The first-order valence-electron chi connectivity index (χ1n) is 21.6. The van der Waals surface area contributed by atoms with Crippen LogP contribution < -0.4 is 35.6 Å². The second-order valence-corrected chi connectivity index (χ2v) is 17.4. The molecule has 0 saturated carbocycles. The third-order valence-corrected chi connectivity index (χ3v) is 13.9. The first kappa shape index (κ1) is 43.0. The molecular formula is C47H49ClF2N8O6. The minimum atomic E-state index is -1.09. The summed E-state index contributed by atoms with van der Waals surface area (Å²) in [5, 5.41) is 11.2. The molecule has 0 aliphatic carbocycles. The Morgan fingerprint density at radius 2 is 1.72 bits per heavy atom. The summed E-state index contributed by atoms with van der Waals surface area (Å²) in [4.78, 5) is 56.9. The van der Waals surface area contributed by atoms with Crippen molar-refractivity contribution in [2.75, 3.05) is 56.2 Å². The quantitative estimate of drug-likeness (QED) is 0.140. The van der Waals surface area contributed by atoms with E-state index in [1.54, 1.807) is 4.68 Å². The van der Waals surface area contributed by atoms with Crippen LogP contribution in [0.25, 0.3) is 22.0 Å². The van der Waals surface area contributed by atoms with E-state index in [-0.39, 0.29) is 70.0 Å². The molecular weight excluding hydrogens is 846 g/mol. The number of aryl methyl sites for hydroxylation is 1. The summed E-state index contributed by atoms with van der Waals surface area (Å²) >= 11 is 6.68. The van der Waals surface area contributed by atoms with Crippen molar-refractivity contribution < 1.29 is 37.4 Å². The van der Waals surface area contributed by atoms with E-state index in [0.29, 0.717) is 69.8 Å². The Bertz CT molecular complexity index is 2680. The Morgan fingerprint density at radius 3 is 2.41 bits per heavy atom. The lowest BCUT2D eigenvalue weighted by Gasteiger charge is -2.40. The number of halogens is 3. The number of fused-ring (bicyclic) bond motifs is 2. The molecule has 14 nitrogen and oxygen atoms in total. The highest BCUT2D eigenvalue weighted by atomic mass is 35.5. The summed E-state index contributed by atoms with van der Waals surface area (Å²) in [6.45, 7) is 4.99. The molecule has 0 radical (unpaired) electrons. The number of piperidine rings is 2. The van der Waals surface area contributed by atoms with Gasteiger partial charge in [-0.15, -0.1) is 0 Å². The van der Waals surface area contributed by atoms with Gasteiger partial charge in [-0.2, -0.15) is 5.10 Å². The molecule has 3 fully saturated rings. The van der Waals surface area contributed by atoms with Gasteiger partial charge in [0.1, 0.15) is 11.6 Å². The number of ether oxygens (including phenoxy) is 2. The van der Waals surface area contributed by atoms with E-state index < -0.39 is 35.1 Å². The van der Waals surface area contributed by atoms with Crippen molar-refractivity contribution >= 4 is 57.8 Å². The van der Waals surface area contributed by atoms with E-state index in [4.69, 9.17) is 26.8 Å². The van der Waals surface area contributed by atoms with Gasteiger partial charge in [0.25, 0.3) is 0 Å². The molecule has 5 aromatic rings. The number of nitrogens with zero attached hydrogens (tertiary/aromatic N) is 5. The molecule has 17 heteroatoms. The first-order valence-corrected chi connectivity index (χ1v) is 22.0. The van der Waals surface area contributed by atoms with Crippen LogP contribution in [0.4, 0.5) is 25.1 Å². The molecule has 4 aromatic carbocycles. The highest BCUT2D eigenvalue weighted by molar-refractivity contribution is 6.34. The van der Waals surface area contributed by atoms with Crippen LogP contribution >= 0.6 is 11.6 Å². The topological polar surface area (TPSA) is 164 Å². The van der Waals surface area contributed by atoms with Crippen LogP contribution in [0, 0.1) is 17.6 Å². The number of carbonyl (C=O) groups excluding carboxylic acids is 4. The van der Waals surface area contributed by atoms with Crippen LogP contribution in [0.2, 0.25) is 5.02 Å². The second-order valence-electron chi connectivity index (χ2n) is 17.0. The molecule has 4 aliphatic rings. The number of hydrogen-bond donors (Lipinski definition) is 3. The van der Waals surface area contributed by atoms with Crippen LogP contribution in [0.3, 0.4) is 0 Å². The van der Waals surface area contributed by atoms with Crippen molar-refractivity contribution in [2.24, 2.45) is 18.7 Å². The fraction of sp³-hybridized carbons (Fsp3) is 0.383. The van der Waals surface area contributed by atoms with Gasteiger partial charge in [0, 0.05) is 98.8 Å². The van der Waals surface area contributed by atoms with E-state index in [9.17, 15) is 19.2 Å². The fourth-order valence-electron chi connectivity index (χ4n) is 10.1. The summed E-state index contributed by atoms with van der Waals surface area (Å²) in [6, 6.07) is 18.8. The number of amides is 5. The van der Waals surface area contributed by atoms with Crippen molar-refractivity contribution in [2.45, 2.75) is 56.6 Å². The zero-order valence-corrected chi connectivity index (χ0v) is 36.5. The Labute approximate surface area is 373 Å². The Morgan fingerprint density at radius 1 is 0.984 bits per heavy atom. The normalized spacial score (nSPS) is 20.7. The molecule has 5 amide bonds. The molecule has 4 aliphatic heterocycles. The standard InChI is InChI=1S/C47H49ClF2N8O6/c1-26-37-35(24-32(49)40(48)39(37)38-30(43(51)60)12-13-34(63-3)41(38)50)64-47(26,28-8-5-4-6-9-28)25-52-29-16-21-57(22-17-29)45(61)27-14-19-56(20-15-27)33-11-7-10-31-42(33)55(2)54-44(31)58-23-18-36(59)53-46(58)62/h4-13,24,26-27,29,52H,14-23,25H2,1-3H3,(H2,51,60)(H,53,59,62). The van der Waals surface area contributed by atoms with E-state index >= 15 is 8.78 Å². The molecule has 3 saturated heterocycles. The lowest BCUT2D eigenvalue weighted by molar-refractivity contribution is -0.137.